The van der Waals surface area contributed by atoms with Crippen molar-refractivity contribution in [2.45, 2.75) is 31.2 Å². The number of carbonyl (C=O) groups is 3. The minimum Gasteiger partial charge on any atom is -0.480 e. The normalized spacial score (nSPS) is 16.8. The first-order valence-electron chi connectivity index (χ1n) is 6.12. The van der Waals surface area contributed by atoms with Crippen molar-refractivity contribution in [3.05, 3.63) is 0 Å². The third kappa shape index (κ3) is 4.74. The molecule has 8 nitrogen and oxygen atoms in total. The highest BCUT2D eigenvalue weighted by Gasteiger charge is 2.42. The van der Waals surface area contributed by atoms with Crippen LogP contribution in [0, 0.1) is 0 Å². The SMILES string of the molecule is NC(=O)COCCNC(=O)NC1(C(=O)O)CCCC1. The van der Waals surface area contributed by atoms with Crippen LogP contribution in [-0.4, -0.2) is 48.3 Å². The molecule has 1 fully saturated rings. The third-order valence-electron chi connectivity index (χ3n) is 3.00. The van der Waals surface area contributed by atoms with Gasteiger partial charge in [-0.2, -0.15) is 0 Å². The lowest BCUT2D eigenvalue weighted by atomic mass is 9.98. The van der Waals surface area contributed by atoms with Crippen molar-refractivity contribution in [2.75, 3.05) is 19.8 Å². The van der Waals surface area contributed by atoms with Gasteiger partial charge in [-0.3, -0.25) is 4.79 Å². The van der Waals surface area contributed by atoms with Gasteiger partial charge in [0.25, 0.3) is 0 Å². The van der Waals surface area contributed by atoms with Crippen molar-refractivity contribution in [3.8, 4) is 0 Å². The first-order valence-corrected chi connectivity index (χ1v) is 6.12. The number of carboxylic acids is 1. The summed E-state index contributed by atoms with van der Waals surface area (Å²) in [4.78, 5) is 33.1. The van der Waals surface area contributed by atoms with E-state index in [0.717, 1.165) is 12.8 Å². The molecule has 0 radical (unpaired) electrons. The minimum atomic E-state index is -1.15. The highest BCUT2D eigenvalue weighted by atomic mass is 16.5. The Kier molecular flexibility index (Phi) is 5.56. The number of carboxylic acid groups (broad SMARTS) is 1. The van der Waals surface area contributed by atoms with Gasteiger partial charge in [-0.15, -0.1) is 0 Å². The summed E-state index contributed by atoms with van der Waals surface area (Å²) in [6.45, 7) is 0.105. The molecule has 0 aromatic carbocycles. The van der Waals surface area contributed by atoms with Crippen LogP contribution in [0.4, 0.5) is 4.79 Å². The Labute approximate surface area is 110 Å². The predicted octanol–water partition coefficient (Wildman–Crippen LogP) is -0.815. The molecule has 108 valence electrons. The molecule has 1 aliphatic rings. The van der Waals surface area contributed by atoms with Crippen LogP contribution >= 0.6 is 0 Å². The number of nitrogens with one attached hydrogen (secondary N) is 2. The van der Waals surface area contributed by atoms with Crippen LogP contribution in [0.1, 0.15) is 25.7 Å². The van der Waals surface area contributed by atoms with Crippen LogP contribution in [0.25, 0.3) is 0 Å². The maximum Gasteiger partial charge on any atom is 0.329 e. The van der Waals surface area contributed by atoms with Gasteiger partial charge in [0.15, 0.2) is 0 Å². The molecule has 0 bridgehead atoms. The van der Waals surface area contributed by atoms with Crippen molar-refractivity contribution in [3.63, 3.8) is 0 Å². The fourth-order valence-electron chi connectivity index (χ4n) is 2.04. The van der Waals surface area contributed by atoms with Gasteiger partial charge in [0.2, 0.25) is 5.91 Å². The van der Waals surface area contributed by atoms with Crippen molar-refractivity contribution in [1.82, 2.24) is 10.6 Å². The molecule has 3 amide bonds. The summed E-state index contributed by atoms with van der Waals surface area (Å²) in [7, 11) is 0. The Morgan fingerprint density at radius 2 is 1.89 bits per heavy atom. The van der Waals surface area contributed by atoms with Gasteiger partial charge in [0.05, 0.1) is 6.61 Å². The second-order valence-electron chi connectivity index (χ2n) is 4.49. The average Bonchev–Trinajstić information content (AvgIpc) is 2.78. The smallest absolute Gasteiger partial charge is 0.329 e. The Balaban J connectivity index is 2.26. The zero-order valence-corrected chi connectivity index (χ0v) is 10.6. The van der Waals surface area contributed by atoms with Gasteiger partial charge in [-0.05, 0) is 12.8 Å². The monoisotopic (exact) mass is 273 g/mol. The van der Waals surface area contributed by atoms with E-state index in [1.807, 2.05) is 0 Å². The molecule has 1 saturated carbocycles. The number of urea groups is 1. The molecule has 0 aliphatic heterocycles. The summed E-state index contributed by atoms with van der Waals surface area (Å²) in [6, 6.07) is -0.549. The zero-order valence-electron chi connectivity index (χ0n) is 10.6. The van der Waals surface area contributed by atoms with E-state index in [2.05, 4.69) is 10.6 Å². The number of rotatable bonds is 7. The maximum absolute atomic E-state index is 11.6. The largest absolute Gasteiger partial charge is 0.480 e. The lowest BCUT2D eigenvalue weighted by Gasteiger charge is -2.25. The highest BCUT2D eigenvalue weighted by molar-refractivity contribution is 5.86. The van der Waals surface area contributed by atoms with E-state index in [0.29, 0.717) is 12.8 Å². The van der Waals surface area contributed by atoms with Crippen molar-refractivity contribution >= 4 is 17.9 Å². The van der Waals surface area contributed by atoms with Crippen LogP contribution in [0.3, 0.4) is 0 Å². The lowest BCUT2D eigenvalue weighted by molar-refractivity contribution is -0.144. The number of amides is 3. The predicted molar refractivity (Wildman–Crippen MR) is 65.4 cm³/mol. The summed E-state index contributed by atoms with van der Waals surface area (Å²) in [6.07, 6.45) is 2.45. The fraction of sp³-hybridized carbons (Fsp3) is 0.727. The average molecular weight is 273 g/mol. The maximum atomic E-state index is 11.6. The first kappa shape index (κ1) is 15.2. The molecule has 0 spiro atoms. The van der Waals surface area contributed by atoms with Crippen molar-refractivity contribution in [2.24, 2.45) is 5.73 Å². The second kappa shape index (κ2) is 6.93. The van der Waals surface area contributed by atoms with Gasteiger partial charge < -0.3 is 26.2 Å². The van der Waals surface area contributed by atoms with Gasteiger partial charge in [-0.25, -0.2) is 9.59 Å². The van der Waals surface area contributed by atoms with Gasteiger partial charge in [-0.1, -0.05) is 12.8 Å². The standard InChI is InChI=1S/C11H19N3O5/c12-8(15)7-19-6-5-13-10(18)14-11(9(16)17)3-1-2-4-11/h1-7H2,(H2,12,15)(H,16,17)(H2,13,14,18). The summed E-state index contributed by atoms with van der Waals surface area (Å²) < 4.78 is 4.85. The Hall–Kier alpha value is -1.83. The molecule has 1 aliphatic carbocycles. The van der Waals surface area contributed by atoms with Gasteiger partial charge >= 0.3 is 12.0 Å². The third-order valence-corrected chi connectivity index (χ3v) is 3.00. The number of primary amides is 1. The number of nitrogens with two attached hydrogens (primary N) is 1. The minimum absolute atomic E-state index is 0.135. The molecule has 0 unspecified atom stereocenters. The number of aliphatic carboxylic acids is 1. The molecule has 5 N–H and O–H groups in total. The Morgan fingerprint density at radius 1 is 1.26 bits per heavy atom. The summed E-state index contributed by atoms with van der Waals surface area (Å²) in [5.41, 5.74) is 3.71. The molecule has 0 atom stereocenters. The molecule has 8 heteroatoms. The van der Waals surface area contributed by atoms with Gasteiger partial charge in [0.1, 0.15) is 12.1 Å². The molecule has 1 rings (SSSR count). The van der Waals surface area contributed by atoms with E-state index in [4.69, 9.17) is 15.6 Å². The number of hydrogen-bond donors (Lipinski definition) is 4. The quantitative estimate of drug-likeness (QED) is 0.450. The van der Waals surface area contributed by atoms with Crippen LogP contribution in [-0.2, 0) is 14.3 Å². The van der Waals surface area contributed by atoms with E-state index in [-0.39, 0.29) is 19.8 Å². The topological polar surface area (TPSA) is 131 Å². The fourth-order valence-corrected chi connectivity index (χ4v) is 2.04. The Morgan fingerprint density at radius 3 is 2.42 bits per heavy atom. The van der Waals surface area contributed by atoms with Crippen LogP contribution in [0.2, 0.25) is 0 Å². The van der Waals surface area contributed by atoms with Crippen LogP contribution in [0.5, 0.6) is 0 Å². The van der Waals surface area contributed by atoms with Gasteiger partial charge in [0, 0.05) is 6.54 Å². The zero-order chi connectivity index (χ0) is 14.3. The summed E-state index contributed by atoms with van der Waals surface area (Å²) >= 11 is 0. The van der Waals surface area contributed by atoms with Crippen molar-refractivity contribution < 1.29 is 24.2 Å². The first-order chi connectivity index (χ1) is 8.96. The van der Waals surface area contributed by atoms with Crippen LogP contribution in [0.15, 0.2) is 0 Å². The number of hydrogen-bond acceptors (Lipinski definition) is 4. The lowest BCUT2D eigenvalue weighted by Crippen LogP contribution is -2.55. The van der Waals surface area contributed by atoms with E-state index in [9.17, 15) is 14.4 Å². The van der Waals surface area contributed by atoms with Crippen molar-refractivity contribution in [1.29, 1.82) is 0 Å². The van der Waals surface area contributed by atoms with E-state index in [1.165, 1.54) is 0 Å². The molecule has 0 aromatic heterocycles. The summed E-state index contributed by atoms with van der Waals surface area (Å²) in [5.74, 6) is -1.59. The summed E-state index contributed by atoms with van der Waals surface area (Å²) in [5, 5.41) is 14.1. The van der Waals surface area contributed by atoms with E-state index >= 15 is 0 Å². The van der Waals surface area contributed by atoms with Crippen LogP contribution < -0.4 is 16.4 Å². The number of carbonyl (C=O) groups excluding carboxylic acids is 2. The second-order valence-corrected chi connectivity index (χ2v) is 4.49. The van der Waals surface area contributed by atoms with E-state index in [1.54, 1.807) is 0 Å². The number of ether oxygens (including phenoxy) is 1. The molecule has 0 saturated heterocycles. The molecule has 0 heterocycles. The molecular formula is C11H19N3O5. The molecule has 19 heavy (non-hydrogen) atoms. The molecule has 0 aromatic rings. The van der Waals surface area contributed by atoms with E-state index < -0.39 is 23.4 Å². The Bertz CT molecular complexity index is 352. The highest BCUT2D eigenvalue weighted by Crippen LogP contribution is 2.29. The molecular weight excluding hydrogens is 254 g/mol.